The van der Waals surface area contributed by atoms with Crippen molar-refractivity contribution in [2.45, 2.75) is 58.0 Å². The smallest absolute Gasteiger partial charge is 0.407 e. The second kappa shape index (κ2) is 5.19. The van der Waals surface area contributed by atoms with Gasteiger partial charge in [-0.1, -0.05) is 6.42 Å². The third-order valence-electron chi connectivity index (χ3n) is 2.80. The first-order chi connectivity index (χ1) is 7.71. The van der Waals surface area contributed by atoms with Crippen LogP contribution in [0.3, 0.4) is 0 Å². The molecule has 0 spiro atoms. The number of ether oxygens (including phenoxy) is 1. The Hall–Kier alpha value is -0.870. The summed E-state index contributed by atoms with van der Waals surface area (Å²) in [6.45, 7) is 5.20. The quantitative estimate of drug-likeness (QED) is 0.815. The minimum absolute atomic E-state index is 0.0120. The van der Waals surface area contributed by atoms with E-state index < -0.39 is 23.5 Å². The standard InChI is InChI=1S/C12H21F2NO2/c1-11(2,3)17-10(16)15-8-9-6-4-5-7-12(9,13)14/h9H,4-8H2,1-3H3,(H,15,16). The van der Waals surface area contributed by atoms with Crippen LogP contribution in [0.2, 0.25) is 0 Å². The maximum atomic E-state index is 13.5. The molecular weight excluding hydrogens is 228 g/mol. The van der Waals surface area contributed by atoms with E-state index in [2.05, 4.69) is 5.32 Å². The summed E-state index contributed by atoms with van der Waals surface area (Å²) in [5, 5.41) is 2.42. The van der Waals surface area contributed by atoms with Crippen LogP contribution in [0.15, 0.2) is 0 Å². The molecule has 0 aliphatic heterocycles. The zero-order valence-electron chi connectivity index (χ0n) is 10.7. The van der Waals surface area contributed by atoms with Gasteiger partial charge in [-0.2, -0.15) is 0 Å². The summed E-state index contributed by atoms with van der Waals surface area (Å²) in [6, 6.07) is 0. The number of hydrogen-bond acceptors (Lipinski definition) is 2. The van der Waals surface area contributed by atoms with Crippen LogP contribution in [-0.2, 0) is 4.74 Å². The molecule has 0 heterocycles. The van der Waals surface area contributed by atoms with Crippen molar-refractivity contribution in [3.05, 3.63) is 0 Å². The van der Waals surface area contributed by atoms with Crippen LogP contribution < -0.4 is 5.32 Å². The van der Waals surface area contributed by atoms with Gasteiger partial charge in [0.2, 0.25) is 0 Å². The van der Waals surface area contributed by atoms with Gasteiger partial charge in [-0.05, 0) is 33.6 Å². The van der Waals surface area contributed by atoms with E-state index in [1.807, 2.05) is 0 Å². The Morgan fingerprint density at radius 3 is 2.59 bits per heavy atom. The highest BCUT2D eigenvalue weighted by Gasteiger charge is 2.41. The van der Waals surface area contributed by atoms with E-state index in [-0.39, 0.29) is 13.0 Å². The molecule has 17 heavy (non-hydrogen) atoms. The highest BCUT2D eigenvalue weighted by Crippen LogP contribution is 2.37. The molecule has 1 aliphatic rings. The predicted octanol–water partition coefficient (Wildman–Crippen LogP) is 3.34. The second-order valence-corrected chi connectivity index (χ2v) is 5.59. The van der Waals surface area contributed by atoms with Crippen molar-refractivity contribution in [1.82, 2.24) is 5.32 Å². The largest absolute Gasteiger partial charge is 0.444 e. The fourth-order valence-corrected chi connectivity index (χ4v) is 1.94. The van der Waals surface area contributed by atoms with Crippen LogP contribution in [0.1, 0.15) is 46.5 Å². The summed E-state index contributed by atoms with van der Waals surface area (Å²) in [6.07, 6.45) is 1.13. The van der Waals surface area contributed by atoms with Gasteiger partial charge in [-0.15, -0.1) is 0 Å². The van der Waals surface area contributed by atoms with Gasteiger partial charge in [0.25, 0.3) is 5.92 Å². The van der Waals surface area contributed by atoms with Crippen molar-refractivity contribution in [3.63, 3.8) is 0 Å². The summed E-state index contributed by atoms with van der Waals surface area (Å²) in [5.41, 5.74) is -0.598. The summed E-state index contributed by atoms with van der Waals surface area (Å²) in [7, 11) is 0. The Kier molecular flexibility index (Phi) is 4.33. The lowest BCUT2D eigenvalue weighted by Crippen LogP contribution is -2.42. The van der Waals surface area contributed by atoms with E-state index in [0.29, 0.717) is 12.8 Å². The molecular formula is C12H21F2NO2. The maximum Gasteiger partial charge on any atom is 0.407 e. The van der Waals surface area contributed by atoms with Crippen molar-refractivity contribution in [2.24, 2.45) is 5.92 Å². The number of amides is 1. The summed E-state index contributed by atoms with van der Waals surface area (Å²) in [4.78, 5) is 11.3. The molecule has 0 saturated heterocycles. The van der Waals surface area contributed by atoms with Gasteiger partial charge in [-0.3, -0.25) is 0 Å². The second-order valence-electron chi connectivity index (χ2n) is 5.59. The molecule has 5 heteroatoms. The van der Waals surface area contributed by atoms with Gasteiger partial charge in [0.05, 0.1) is 0 Å². The fourth-order valence-electron chi connectivity index (χ4n) is 1.94. The fraction of sp³-hybridized carbons (Fsp3) is 0.917. The van der Waals surface area contributed by atoms with Crippen molar-refractivity contribution in [3.8, 4) is 0 Å². The van der Waals surface area contributed by atoms with Crippen molar-refractivity contribution in [2.75, 3.05) is 6.54 Å². The average molecular weight is 249 g/mol. The normalized spacial score (nSPS) is 24.2. The molecule has 1 atom stereocenters. The molecule has 1 saturated carbocycles. The Labute approximate surface area is 101 Å². The zero-order valence-corrected chi connectivity index (χ0v) is 10.7. The number of carbonyl (C=O) groups excluding carboxylic acids is 1. The number of alkyl halides is 2. The molecule has 1 rings (SSSR count). The molecule has 1 amide bonds. The maximum absolute atomic E-state index is 13.5. The van der Waals surface area contributed by atoms with E-state index in [1.54, 1.807) is 20.8 Å². The van der Waals surface area contributed by atoms with E-state index >= 15 is 0 Å². The van der Waals surface area contributed by atoms with Crippen LogP contribution in [-0.4, -0.2) is 24.2 Å². The van der Waals surface area contributed by atoms with E-state index in [0.717, 1.165) is 6.42 Å². The van der Waals surface area contributed by atoms with Gasteiger partial charge in [-0.25, -0.2) is 13.6 Å². The van der Waals surface area contributed by atoms with Crippen LogP contribution in [0.4, 0.5) is 13.6 Å². The van der Waals surface area contributed by atoms with Gasteiger partial charge in [0.1, 0.15) is 5.60 Å². The Morgan fingerprint density at radius 1 is 1.41 bits per heavy atom. The van der Waals surface area contributed by atoms with Gasteiger partial charge >= 0.3 is 6.09 Å². The van der Waals surface area contributed by atoms with Gasteiger partial charge in [0, 0.05) is 18.9 Å². The molecule has 1 unspecified atom stereocenters. The number of rotatable bonds is 2. The highest BCUT2D eigenvalue weighted by molar-refractivity contribution is 5.67. The van der Waals surface area contributed by atoms with E-state index in [1.165, 1.54) is 0 Å². The summed E-state index contributed by atoms with van der Waals surface area (Å²) >= 11 is 0. The third kappa shape index (κ3) is 4.88. The average Bonchev–Trinajstić information content (AvgIpc) is 2.12. The van der Waals surface area contributed by atoms with Gasteiger partial charge in [0.15, 0.2) is 0 Å². The molecule has 1 aliphatic carbocycles. The molecule has 0 aromatic heterocycles. The number of carbonyl (C=O) groups is 1. The number of hydrogen-bond donors (Lipinski definition) is 1. The highest BCUT2D eigenvalue weighted by atomic mass is 19.3. The molecule has 1 N–H and O–H groups in total. The summed E-state index contributed by atoms with van der Waals surface area (Å²) < 4.78 is 31.9. The van der Waals surface area contributed by atoms with E-state index in [4.69, 9.17) is 4.74 Å². The Bertz CT molecular complexity index is 274. The van der Waals surface area contributed by atoms with Crippen LogP contribution >= 0.6 is 0 Å². The topological polar surface area (TPSA) is 38.3 Å². The molecule has 1 fully saturated rings. The van der Waals surface area contributed by atoms with Crippen molar-refractivity contribution in [1.29, 1.82) is 0 Å². The minimum Gasteiger partial charge on any atom is -0.444 e. The van der Waals surface area contributed by atoms with Gasteiger partial charge < -0.3 is 10.1 Å². The van der Waals surface area contributed by atoms with Crippen LogP contribution in [0.5, 0.6) is 0 Å². The van der Waals surface area contributed by atoms with Crippen molar-refractivity contribution >= 4 is 6.09 Å². The first-order valence-electron chi connectivity index (χ1n) is 6.05. The zero-order chi connectivity index (χ0) is 13.1. The Morgan fingerprint density at radius 2 is 2.06 bits per heavy atom. The first-order valence-corrected chi connectivity index (χ1v) is 6.05. The van der Waals surface area contributed by atoms with Crippen LogP contribution in [0, 0.1) is 5.92 Å². The molecule has 0 aromatic rings. The molecule has 100 valence electrons. The number of halogens is 2. The third-order valence-corrected chi connectivity index (χ3v) is 2.80. The molecule has 0 radical (unpaired) electrons. The molecule has 0 bridgehead atoms. The number of alkyl carbamates (subject to hydrolysis) is 1. The first kappa shape index (κ1) is 14.2. The minimum atomic E-state index is -2.66. The Balaban J connectivity index is 2.37. The lowest BCUT2D eigenvalue weighted by atomic mass is 9.85. The molecule has 3 nitrogen and oxygen atoms in total. The lowest BCUT2D eigenvalue weighted by Gasteiger charge is -2.31. The monoisotopic (exact) mass is 249 g/mol. The van der Waals surface area contributed by atoms with Crippen LogP contribution in [0.25, 0.3) is 0 Å². The lowest BCUT2D eigenvalue weighted by molar-refractivity contribution is -0.0842. The van der Waals surface area contributed by atoms with E-state index in [9.17, 15) is 13.6 Å². The SMILES string of the molecule is CC(C)(C)OC(=O)NCC1CCCCC1(F)F. The predicted molar refractivity (Wildman–Crippen MR) is 61.1 cm³/mol. The van der Waals surface area contributed by atoms with Crippen molar-refractivity contribution < 1.29 is 18.3 Å². The number of nitrogens with one attached hydrogen (secondary N) is 1. The molecule has 0 aromatic carbocycles. The summed E-state index contributed by atoms with van der Waals surface area (Å²) in [5.74, 6) is -3.42.